The number of amides is 1. The Hall–Kier alpha value is -2.19. The summed E-state index contributed by atoms with van der Waals surface area (Å²) in [5.41, 5.74) is -1.26. The van der Waals surface area contributed by atoms with Crippen molar-refractivity contribution in [2.45, 2.75) is 58.2 Å². The van der Waals surface area contributed by atoms with Gasteiger partial charge in [-0.15, -0.1) is 0 Å². The van der Waals surface area contributed by atoms with Crippen LogP contribution in [0.3, 0.4) is 0 Å². The molecule has 0 bridgehead atoms. The summed E-state index contributed by atoms with van der Waals surface area (Å²) in [6.07, 6.45) is 2.67. The van der Waals surface area contributed by atoms with Crippen LogP contribution in [0.15, 0.2) is 18.2 Å². The first-order valence-corrected chi connectivity index (χ1v) is 9.98. The van der Waals surface area contributed by atoms with Crippen LogP contribution in [0, 0.1) is 21.4 Å². The number of carboxylic acid groups (broad SMARTS) is 1. The lowest BCUT2D eigenvalue weighted by Crippen LogP contribution is -2.55. The lowest BCUT2D eigenvalue weighted by atomic mass is 9.70. The monoisotopic (exact) mass is 424 g/mol. The predicted molar refractivity (Wildman–Crippen MR) is 106 cm³/mol. The summed E-state index contributed by atoms with van der Waals surface area (Å²) in [7, 11) is 0. The summed E-state index contributed by atoms with van der Waals surface area (Å²) in [5, 5.41) is 20.8. The fourth-order valence-corrected chi connectivity index (χ4v) is 4.60. The number of carboxylic acids is 1. The molecule has 1 aliphatic carbocycles. The van der Waals surface area contributed by atoms with Crippen LogP contribution in [0.5, 0.6) is 0 Å². The van der Waals surface area contributed by atoms with Crippen molar-refractivity contribution >= 4 is 29.2 Å². The number of nitro groups is 1. The van der Waals surface area contributed by atoms with Gasteiger partial charge in [0.15, 0.2) is 6.04 Å². The van der Waals surface area contributed by atoms with Crippen LogP contribution >= 0.6 is 11.6 Å². The maximum atomic E-state index is 13.3. The molecule has 158 valence electrons. The van der Waals surface area contributed by atoms with E-state index in [1.807, 2.05) is 0 Å². The molecule has 1 aromatic carbocycles. The molecule has 0 radical (unpaired) electrons. The number of nitrogens with zero attached hydrogens (tertiary/aromatic N) is 2. The van der Waals surface area contributed by atoms with Crippen LogP contribution in [0.2, 0.25) is 5.02 Å². The number of hydrogen-bond acceptors (Lipinski definition) is 5. The highest BCUT2D eigenvalue weighted by Crippen LogP contribution is 2.47. The van der Waals surface area contributed by atoms with Gasteiger partial charge in [0, 0.05) is 11.6 Å². The SMILES string of the molecule is CC(C)(C)C1CCC2(CC1)OCC(C(=O)O)N2C(=O)c1ccc(Cl)c([N+](=O)[O-])c1. The largest absolute Gasteiger partial charge is 0.480 e. The average Bonchev–Trinajstić information content (AvgIpc) is 2.99. The quantitative estimate of drug-likeness (QED) is 0.577. The second-order valence-corrected chi connectivity index (χ2v) is 9.26. The molecule has 1 saturated carbocycles. The molecule has 1 saturated heterocycles. The first kappa shape index (κ1) is 21.5. The van der Waals surface area contributed by atoms with Crippen LogP contribution in [-0.4, -0.2) is 45.2 Å². The van der Waals surface area contributed by atoms with Crippen LogP contribution in [0.25, 0.3) is 0 Å². The van der Waals surface area contributed by atoms with E-state index in [0.29, 0.717) is 18.8 Å². The minimum absolute atomic E-state index is 0.0233. The molecular weight excluding hydrogens is 400 g/mol. The van der Waals surface area contributed by atoms with Crippen LogP contribution < -0.4 is 0 Å². The lowest BCUT2D eigenvalue weighted by molar-refractivity contribution is -0.384. The highest BCUT2D eigenvalue weighted by Gasteiger charge is 2.54. The highest BCUT2D eigenvalue weighted by molar-refractivity contribution is 6.32. The van der Waals surface area contributed by atoms with E-state index < -0.39 is 34.3 Å². The van der Waals surface area contributed by atoms with Gasteiger partial charge >= 0.3 is 5.97 Å². The summed E-state index contributed by atoms with van der Waals surface area (Å²) in [6.45, 7) is 6.40. The second-order valence-electron chi connectivity index (χ2n) is 8.85. The molecule has 1 atom stereocenters. The molecule has 1 spiro atoms. The summed E-state index contributed by atoms with van der Waals surface area (Å²) in [6, 6.07) is 2.62. The van der Waals surface area contributed by atoms with Gasteiger partial charge in [-0.25, -0.2) is 4.79 Å². The third-order valence-electron chi connectivity index (χ3n) is 6.15. The molecule has 9 heteroatoms. The fourth-order valence-electron chi connectivity index (χ4n) is 4.42. The Morgan fingerprint density at radius 3 is 2.45 bits per heavy atom. The van der Waals surface area contributed by atoms with Gasteiger partial charge in [0.25, 0.3) is 11.6 Å². The third-order valence-corrected chi connectivity index (χ3v) is 6.47. The van der Waals surface area contributed by atoms with Crippen molar-refractivity contribution in [2.75, 3.05) is 6.61 Å². The van der Waals surface area contributed by atoms with Gasteiger partial charge in [0.2, 0.25) is 0 Å². The van der Waals surface area contributed by atoms with Gasteiger partial charge in [0.1, 0.15) is 10.7 Å². The molecule has 1 amide bonds. The van der Waals surface area contributed by atoms with E-state index in [9.17, 15) is 24.8 Å². The Bertz CT molecular complexity index is 842. The van der Waals surface area contributed by atoms with Crippen LogP contribution in [0.4, 0.5) is 5.69 Å². The van der Waals surface area contributed by atoms with Crippen LogP contribution in [0.1, 0.15) is 56.8 Å². The number of nitro benzene ring substituents is 1. The summed E-state index contributed by atoms with van der Waals surface area (Å²) in [5.74, 6) is -1.31. The highest BCUT2D eigenvalue weighted by atomic mass is 35.5. The van der Waals surface area contributed by atoms with Gasteiger partial charge in [-0.3, -0.25) is 19.8 Å². The van der Waals surface area contributed by atoms with E-state index in [4.69, 9.17) is 16.3 Å². The van der Waals surface area contributed by atoms with E-state index >= 15 is 0 Å². The van der Waals surface area contributed by atoms with Crippen molar-refractivity contribution in [1.82, 2.24) is 4.90 Å². The van der Waals surface area contributed by atoms with E-state index in [1.54, 1.807) is 0 Å². The molecule has 1 heterocycles. The Morgan fingerprint density at radius 1 is 1.31 bits per heavy atom. The summed E-state index contributed by atoms with van der Waals surface area (Å²) >= 11 is 5.85. The van der Waals surface area contributed by atoms with E-state index in [1.165, 1.54) is 17.0 Å². The standard InChI is InChI=1S/C20H25ClN2O6/c1-19(2,3)13-6-8-20(9-7-13)22(16(11-29-20)18(25)26)17(24)12-4-5-14(21)15(10-12)23(27)28/h4-5,10,13,16H,6-9,11H2,1-3H3,(H,25,26). The molecule has 8 nitrogen and oxygen atoms in total. The Labute approximate surface area is 173 Å². The van der Waals surface area contributed by atoms with Crippen molar-refractivity contribution < 1.29 is 24.4 Å². The molecule has 1 aromatic rings. The number of rotatable bonds is 3. The second kappa shape index (κ2) is 7.57. The predicted octanol–water partition coefficient (Wildman–Crippen LogP) is 4.11. The number of carbonyl (C=O) groups is 2. The zero-order valence-corrected chi connectivity index (χ0v) is 17.4. The average molecular weight is 425 g/mol. The van der Waals surface area contributed by atoms with Gasteiger partial charge in [0.05, 0.1) is 11.5 Å². The molecule has 29 heavy (non-hydrogen) atoms. The molecule has 0 aromatic heterocycles. The van der Waals surface area contributed by atoms with E-state index in [2.05, 4.69) is 20.8 Å². The number of benzene rings is 1. The molecule has 2 fully saturated rings. The maximum Gasteiger partial charge on any atom is 0.328 e. The molecular formula is C20H25ClN2O6. The first-order valence-electron chi connectivity index (χ1n) is 9.61. The van der Waals surface area contributed by atoms with Crippen molar-refractivity contribution in [3.8, 4) is 0 Å². The smallest absolute Gasteiger partial charge is 0.328 e. The number of hydrogen-bond donors (Lipinski definition) is 1. The Balaban J connectivity index is 1.95. The summed E-state index contributed by atoms with van der Waals surface area (Å²) < 4.78 is 5.94. The van der Waals surface area contributed by atoms with Crippen molar-refractivity contribution in [3.63, 3.8) is 0 Å². The number of ether oxygens (including phenoxy) is 1. The molecule has 3 rings (SSSR count). The van der Waals surface area contributed by atoms with Crippen molar-refractivity contribution in [2.24, 2.45) is 11.3 Å². The van der Waals surface area contributed by atoms with Gasteiger partial charge < -0.3 is 9.84 Å². The van der Waals surface area contributed by atoms with Crippen molar-refractivity contribution in [1.29, 1.82) is 0 Å². The zero-order valence-electron chi connectivity index (χ0n) is 16.7. The maximum absolute atomic E-state index is 13.3. The fraction of sp³-hybridized carbons (Fsp3) is 0.600. The normalized spacial score (nSPS) is 27.2. The van der Waals surface area contributed by atoms with Crippen molar-refractivity contribution in [3.05, 3.63) is 38.9 Å². The number of carbonyl (C=O) groups excluding carboxylic acids is 1. The van der Waals surface area contributed by atoms with E-state index in [0.717, 1.165) is 18.9 Å². The lowest BCUT2D eigenvalue weighted by Gasteiger charge is -2.46. The zero-order chi connectivity index (χ0) is 21.6. The van der Waals surface area contributed by atoms with E-state index in [-0.39, 0.29) is 22.6 Å². The number of halogens is 1. The Kier molecular flexibility index (Phi) is 5.62. The van der Waals surface area contributed by atoms with Gasteiger partial charge in [-0.1, -0.05) is 32.4 Å². The van der Waals surface area contributed by atoms with Gasteiger partial charge in [-0.2, -0.15) is 0 Å². The minimum Gasteiger partial charge on any atom is -0.480 e. The topological polar surface area (TPSA) is 110 Å². The first-order chi connectivity index (χ1) is 13.5. The number of aliphatic carboxylic acids is 1. The Morgan fingerprint density at radius 2 is 1.93 bits per heavy atom. The minimum atomic E-state index is -1.16. The molecule has 2 aliphatic rings. The molecule has 1 aliphatic heterocycles. The molecule has 1 N–H and O–H groups in total. The molecule has 1 unspecified atom stereocenters. The third kappa shape index (κ3) is 3.96. The van der Waals surface area contributed by atoms with Gasteiger partial charge in [-0.05, 0) is 49.1 Å². The summed E-state index contributed by atoms with van der Waals surface area (Å²) in [4.78, 5) is 36.9. The van der Waals surface area contributed by atoms with Crippen LogP contribution in [-0.2, 0) is 9.53 Å².